The molecule has 3 rings (SSSR count). The van der Waals surface area contributed by atoms with Gasteiger partial charge in [0, 0.05) is 25.6 Å². The van der Waals surface area contributed by atoms with Crippen LogP contribution in [0.15, 0.2) is 43.2 Å². The van der Waals surface area contributed by atoms with Crippen LogP contribution >= 0.6 is 0 Å². The Hall–Kier alpha value is -2.63. The fourth-order valence-corrected chi connectivity index (χ4v) is 2.00. The number of imidazole rings is 2. The van der Waals surface area contributed by atoms with Crippen LogP contribution in [0.5, 0.6) is 0 Å². The third-order valence-electron chi connectivity index (χ3n) is 3.21. The molecule has 102 valence electrons. The minimum absolute atomic E-state index is 0.724. The van der Waals surface area contributed by atoms with E-state index in [0.29, 0.717) is 0 Å². The van der Waals surface area contributed by atoms with Crippen molar-refractivity contribution in [2.45, 2.75) is 13.5 Å². The van der Waals surface area contributed by atoms with Crippen LogP contribution in [0.1, 0.15) is 11.5 Å². The largest absolute Gasteiger partial charge is 0.378 e. The highest BCUT2D eigenvalue weighted by atomic mass is 15.1. The first-order valence-electron chi connectivity index (χ1n) is 6.39. The molecule has 3 heterocycles. The fourth-order valence-electron chi connectivity index (χ4n) is 2.00. The standard InChI is InChI=1S/C14H16N6/c1-11-16-5-6-20(11)14-4-3-12(7-18-14)17-9-13-8-15-10-19(13)2/h3-8,10,17H,9H2,1-2H3. The van der Waals surface area contributed by atoms with Crippen molar-refractivity contribution in [3.63, 3.8) is 0 Å². The second-order valence-electron chi connectivity index (χ2n) is 4.60. The lowest BCUT2D eigenvalue weighted by molar-refractivity contribution is 0.837. The van der Waals surface area contributed by atoms with Gasteiger partial charge in [-0.3, -0.25) is 4.57 Å². The van der Waals surface area contributed by atoms with Gasteiger partial charge in [0.25, 0.3) is 0 Å². The van der Waals surface area contributed by atoms with Gasteiger partial charge in [-0.05, 0) is 19.1 Å². The van der Waals surface area contributed by atoms with Crippen LogP contribution in [-0.4, -0.2) is 24.1 Å². The van der Waals surface area contributed by atoms with Gasteiger partial charge < -0.3 is 9.88 Å². The van der Waals surface area contributed by atoms with E-state index in [4.69, 9.17) is 0 Å². The molecule has 0 atom stereocenters. The maximum absolute atomic E-state index is 4.44. The molecule has 6 heteroatoms. The van der Waals surface area contributed by atoms with E-state index in [2.05, 4.69) is 20.3 Å². The molecule has 20 heavy (non-hydrogen) atoms. The second kappa shape index (κ2) is 5.16. The number of hydrogen-bond acceptors (Lipinski definition) is 4. The Morgan fingerprint density at radius 3 is 2.70 bits per heavy atom. The maximum atomic E-state index is 4.44. The quantitative estimate of drug-likeness (QED) is 0.785. The molecular formula is C14H16N6. The summed E-state index contributed by atoms with van der Waals surface area (Å²) in [7, 11) is 1.98. The SMILES string of the molecule is Cc1nccn1-c1ccc(NCc2cncn2C)cn1. The molecule has 0 bridgehead atoms. The molecule has 0 unspecified atom stereocenters. The third kappa shape index (κ3) is 2.40. The Kier molecular flexibility index (Phi) is 3.20. The highest BCUT2D eigenvalue weighted by Gasteiger charge is 2.02. The lowest BCUT2D eigenvalue weighted by Crippen LogP contribution is -2.05. The van der Waals surface area contributed by atoms with Crippen LogP contribution in [0, 0.1) is 6.92 Å². The summed E-state index contributed by atoms with van der Waals surface area (Å²) in [4.78, 5) is 12.7. The van der Waals surface area contributed by atoms with E-state index in [-0.39, 0.29) is 0 Å². The summed E-state index contributed by atoms with van der Waals surface area (Å²) >= 11 is 0. The van der Waals surface area contributed by atoms with Crippen molar-refractivity contribution in [1.29, 1.82) is 0 Å². The predicted molar refractivity (Wildman–Crippen MR) is 76.6 cm³/mol. The molecule has 0 saturated heterocycles. The van der Waals surface area contributed by atoms with Crippen LogP contribution < -0.4 is 5.32 Å². The predicted octanol–water partition coefficient (Wildman–Crippen LogP) is 1.92. The van der Waals surface area contributed by atoms with Crippen molar-refractivity contribution in [3.8, 4) is 5.82 Å². The van der Waals surface area contributed by atoms with Crippen LogP contribution in [0.2, 0.25) is 0 Å². The monoisotopic (exact) mass is 268 g/mol. The number of nitrogens with one attached hydrogen (secondary N) is 1. The van der Waals surface area contributed by atoms with Gasteiger partial charge in [0.2, 0.25) is 0 Å². The van der Waals surface area contributed by atoms with Gasteiger partial charge in [0.05, 0.1) is 30.5 Å². The number of pyridine rings is 1. The van der Waals surface area contributed by atoms with E-state index in [9.17, 15) is 0 Å². The smallest absolute Gasteiger partial charge is 0.138 e. The summed E-state index contributed by atoms with van der Waals surface area (Å²) in [6.45, 7) is 2.68. The van der Waals surface area contributed by atoms with Gasteiger partial charge in [0.15, 0.2) is 0 Å². The number of aryl methyl sites for hydroxylation is 2. The maximum Gasteiger partial charge on any atom is 0.138 e. The average Bonchev–Trinajstić information content (AvgIpc) is 3.06. The van der Waals surface area contributed by atoms with Crippen molar-refractivity contribution < 1.29 is 0 Å². The van der Waals surface area contributed by atoms with Crippen molar-refractivity contribution in [2.24, 2.45) is 7.05 Å². The molecule has 1 N–H and O–H groups in total. The lowest BCUT2D eigenvalue weighted by Gasteiger charge is -2.08. The summed E-state index contributed by atoms with van der Waals surface area (Å²) in [5, 5.41) is 3.33. The molecule has 0 radical (unpaired) electrons. The fraction of sp³-hybridized carbons (Fsp3) is 0.214. The molecule has 0 aliphatic heterocycles. The number of hydrogen-bond donors (Lipinski definition) is 1. The molecule has 0 amide bonds. The van der Waals surface area contributed by atoms with Crippen molar-refractivity contribution in [3.05, 3.63) is 54.8 Å². The highest BCUT2D eigenvalue weighted by molar-refractivity contribution is 5.44. The summed E-state index contributed by atoms with van der Waals surface area (Å²) in [6.07, 6.45) is 9.14. The van der Waals surface area contributed by atoms with E-state index in [1.165, 1.54) is 0 Å². The van der Waals surface area contributed by atoms with Crippen molar-refractivity contribution in [2.75, 3.05) is 5.32 Å². The topological polar surface area (TPSA) is 60.6 Å². The van der Waals surface area contributed by atoms with E-state index < -0.39 is 0 Å². The Labute approximate surface area is 117 Å². The molecule has 3 aromatic rings. The third-order valence-corrected chi connectivity index (χ3v) is 3.21. The molecule has 3 aromatic heterocycles. The van der Waals surface area contributed by atoms with Gasteiger partial charge >= 0.3 is 0 Å². The van der Waals surface area contributed by atoms with E-state index in [1.807, 2.05) is 53.8 Å². The first kappa shape index (κ1) is 12.4. The van der Waals surface area contributed by atoms with Crippen LogP contribution in [0.3, 0.4) is 0 Å². The lowest BCUT2D eigenvalue weighted by atomic mass is 10.3. The van der Waals surface area contributed by atoms with Crippen LogP contribution in [-0.2, 0) is 13.6 Å². The van der Waals surface area contributed by atoms with Crippen molar-refractivity contribution in [1.82, 2.24) is 24.1 Å². The minimum atomic E-state index is 0.724. The zero-order valence-corrected chi connectivity index (χ0v) is 11.5. The van der Waals surface area contributed by atoms with Gasteiger partial charge in [0.1, 0.15) is 11.6 Å². The first-order valence-corrected chi connectivity index (χ1v) is 6.39. The molecule has 0 fully saturated rings. The zero-order chi connectivity index (χ0) is 13.9. The molecular weight excluding hydrogens is 252 g/mol. The Morgan fingerprint density at radius 1 is 1.20 bits per heavy atom. The molecule has 0 saturated carbocycles. The molecule has 0 spiro atoms. The minimum Gasteiger partial charge on any atom is -0.378 e. The summed E-state index contributed by atoms with van der Waals surface area (Å²) in [5.74, 6) is 1.79. The number of rotatable bonds is 4. The molecule has 0 aliphatic rings. The number of aromatic nitrogens is 5. The first-order chi connectivity index (χ1) is 9.74. The van der Waals surface area contributed by atoms with Crippen LogP contribution in [0.25, 0.3) is 5.82 Å². The normalized spacial score (nSPS) is 10.7. The van der Waals surface area contributed by atoms with Gasteiger partial charge in [-0.1, -0.05) is 0 Å². The molecule has 0 aliphatic carbocycles. The highest BCUT2D eigenvalue weighted by Crippen LogP contribution is 2.12. The van der Waals surface area contributed by atoms with Gasteiger partial charge in [-0.15, -0.1) is 0 Å². The number of nitrogens with zero attached hydrogens (tertiary/aromatic N) is 5. The Bertz CT molecular complexity index is 695. The van der Waals surface area contributed by atoms with Crippen LogP contribution in [0.4, 0.5) is 5.69 Å². The number of anilines is 1. The second-order valence-corrected chi connectivity index (χ2v) is 4.60. The molecule has 0 aromatic carbocycles. The van der Waals surface area contributed by atoms with E-state index in [0.717, 1.165) is 29.6 Å². The summed E-state index contributed by atoms with van der Waals surface area (Å²) < 4.78 is 3.94. The molecule has 6 nitrogen and oxygen atoms in total. The van der Waals surface area contributed by atoms with E-state index >= 15 is 0 Å². The Morgan fingerprint density at radius 2 is 2.10 bits per heavy atom. The Balaban J connectivity index is 1.71. The zero-order valence-electron chi connectivity index (χ0n) is 11.5. The van der Waals surface area contributed by atoms with Crippen molar-refractivity contribution >= 4 is 5.69 Å². The van der Waals surface area contributed by atoms with E-state index in [1.54, 1.807) is 12.5 Å². The summed E-state index contributed by atoms with van der Waals surface area (Å²) in [6, 6.07) is 3.98. The van der Waals surface area contributed by atoms with Gasteiger partial charge in [-0.2, -0.15) is 0 Å². The average molecular weight is 268 g/mol. The summed E-state index contributed by atoms with van der Waals surface area (Å²) in [5.41, 5.74) is 2.10. The van der Waals surface area contributed by atoms with Gasteiger partial charge in [-0.25, -0.2) is 15.0 Å².